The van der Waals surface area contributed by atoms with Gasteiger partial charge in [0.25, 0.3) is 0 Å². The highest BCUT2D eigenvalue weighted by Crippen LogP contribution is 2.43. The molecule has 1 fully saturated rings. The molecule has 0 aromatic carbocycles. The first-order valence-corrected chi connectivity index (χ1v) is 6.86. The van der Waals surface area contributed by atoms with Crippen LogP contribution in [-0.4, -0.2) is 30.2 Å². The second kappa shape index (κ2) is 5.80. The van der Waals surface area contributed by atoms with Crippen LogP contribution in [0.2, 0.25) is 0 Å². The summed E-state index contributed by atoms with van der Waals surface area (Å²) in [7, 11) is 0. The van der Waals surface area contributed by atoms with Crippen molar-refractivity contribution >= 4 is 12.0 Å². The lowest BCUT2D eigenvalue weighted by molar-refractivity contribution is -0.142. The standard InChI is InChI=1S/C14H26N2O3/c1-13(2,3)7-10(11(17)18)8-15-12(19)16-9-14(4)5-6-14/h10H,5-9H2,1-4H3,(H,17,18)(H2,15,16,19). The van der Waals surface area contributed by atoms with E-state index < -0.39 is 11.9 Å². The molecular formula is C14H26N2O3. The van der Waals surface area contributed by atoms with Crippen LogP contribution in [0.15, 0.2) is 0 Å². The molecule has 5 heteroatoms. The normalized spacial score (nSPS) is 18.5. The average molecular weight is 270 g/mol. The summed E-state index contributed by atoms with van der Waals surface area (Å²) >= 11 is 0. The number of urea groups is 1. The van der Waals surface area contributed by atoms with Crippen molar-refractivity contribution in [3.05, 3.63) is 0 Å². The quantitative estimate of drug-likeness (QED) is 0.692. The van der Waals surface area contributed by atoms with Crippen LogP contribution < -0.4 is 10.6 Å². The first kappa shape index (κ1) is 15.8. The number of hydrogen-bond donors (Lipinski definition) is 3. The number of hydrogen-bond acceptors (Lipinski definition) is 2. The topological polar surface area (TPSA) is 78.4 Å². The fourth-order valence-electron chi connectivity index (χ4n) is 1.95. The zero-order valence-corrected chi connectivity index (χ0v) is 12.4. The van der Waals surface area contributed by atoms with Gasteiger partial charge in [0.15, 0.2) is 0 Å². The molecule has 1 aliphatic carbocycles. The lowest BCUT2D eigenvalue weighted by Gasteiger charge is -2.23. The van der Waals surface area contributed by atoms with Crippen molar-refractivity contribution in [1.82, 2.24) is 10.6 Å². The molecule has 0 aromatic heterocycles. The van der Waals surface area contributed by atoms with Gasteiger partial charge < -0.3 is 15.7 Å². The van der Waals surface area contributed by atoms with Gasteiger partial charge in [-0.2, -0.15) is 0 Å². The summed E-state index contributed by atoms with van der Waals surface area (Å²) in [6, 6.07) is -0.270. The first-order valence-electron chi connectivity index (χ1n) is 6.86. The van der Waals surface area contributed by atoms with Gasteiger partial charge in [-0.1, -0.05) is 27.7 Å². The molecule has 110 valence electrons. The van der Waals surface area contributed by atoms with Gasteiger partial charge >= 0.3 is 12.0 Å². The number of carbonyl (C=O) groups excluding carboxylic acids is 1. The Morgan fingerprint density at radius 2 is 1.84 bits per heavy atom. The Labute approximate surface area is 115 Å². The Morgan fingerprint density at radius 3 is 2.26 bits per heavy atom. The van der Waals surface area contributed by atoms with Crippen molar-refractivity contribution in [2.24, 2.45) is 16.7 Å². The van der Waals surface area contributed by atoms with E-state index in [0.717, 1.165) is 12.8 Å². The third kappa shape index (κ3) is 6.45. The fourth-order valence-corrected chi connectivity index (χ4v) is 1.95. The number of rotatable bonds is 6. The van der Waals surface area contributed by atoms with Crippen molar-refractivity contribution in [2.75, 3.05) is 13.1 Å². The molecule has 0 spiro atoms. The molecule has 3 N–H and O–H groups in total. The average Bonchev–Trinajstić information content (AvgIpc) is 2.98. The van der Waals surface area contributed by atoms with E-state index in [0.29, 0.717) is 13.0 Å². The van der Waals surface area contributed by atoms with Crippen molar-refractivity contribution in [3.63, 3.8) is 0 Å². The summed E-state index contributed by atoms with van der Waals surface area (Å²) in [5.41, 5.74) is 0.192. The molecule has 0 bridgehead atoms. The lowest BCUT2D eigenvalue weighted by atomic mass is 9.84. The summed E-state index contributed by atoms with van der Waals surface area (Å²) in [4.78, 5) is 22.7. The van der Waals surface area contributed by atoms with E-state index in [9.17, 15) is 9.59 Å². The molecular weight excluding hydrogens is 244 g/mol. The van der Waals surface area contributed by atoms with E-state index >= 15 is 0 Å². The van der Waals surface area contributed by atoms with E-state index in [1.807, 2.05) is 20.8 Å². The van der Waals surface area contributed by atoms with Gasteiger partial charge in [0, 0.05) is 13.1 Å². The van der Waals surface area contributed by atoms with Gasteiger partial charge in [-0.25, -0.2) is 4.79 Å². The molecule has 1 aliphatic rings. The summed E-state index contributed by atoms with van der Waals surface area (Å²) < 4.78 is 0. The zero-order valence-electron chi connectivity index (χ0n) is 12.4. The number of carbonyl (C=O) groups is 2. The highest BCUT2D eigenvalue weighted by molar-refractivity contribution is 5.75. The van der Waals surface area contributed by atoms with E-state index in [-0.39, 0.29) is 23.4 Å². The largest absolute Gasteiger partial charge is 0.481 e. The Balaban J connectivity index is 2.30. The zero-order chi connectivity index (χ0) is 14.7. The number of amides is 2. The van der Waals surface area contributed by atoms with Crippen LogP contribution in [0, 0.1) is 16.7 Å². The molecule has 19 heavy (non-hydrogen) atoms. The van der Waals surface area contributed by atoms with E-state index in [1.54, 1.807) is 0 Å². The van der Waals surface area contributed by atoms with E-state index in [1.165, 1.54) is 0 Å². The van der Waals surface area contributed by atoms with Crippen molar-refractivity contribution in [2.45, 2.75) is 47.0 Å². The molecule has 0 saturated heterocycles. The Kier molecular flexibility index (Phi) is 4.82. The number of carboxylic acids is 1. The Hall–Kier alpha value is -1.26. The van der Waals surface area contributed by atoms with Gasteiger partial charge in [-0.15, -0.1) is 0 Å². The minimum atomic E-state index is -0.857. The maximum absolute atomic E-state index is 11.6. The summed E-state index contributed by atoms with van der Waals surface area (Å²) in [6.07, 6.45) is 2.84. The number of carboxylic acid groups (broad SMARTS) is 1. The molecule has 5 nitrogen and oxygen atoms in total. The monoisotopic (exact) mass is 270 g/mol. The number of nitrogens with one attached hydrogen (secondary N) is 2. The predicted octanol–water partition coefficient (Wildman–Crippen LogP) is 2.22. The van der Waals surface area contributed by atoms with E-state index in [4.69, 9.17) is 5.11 Å². The highest BCUT2D eigenvalue weighted by atomic mass is 16.4. The second-order valence-corrected chi connectivity index (χ2v) is 7.17. The molecule has 1 unspecified atom stereocenters. The minimum Gasteiger partial charge on any atom is -0.481 e. The van der Waals surface area contributed by atoms with Crippen LogP contribution in [-0.2, 0) is 4.79 Å². The lowest BCUT2D eigenvalue weighted by Crippen LogP contribution is -2.42. The van der Waals surface area contributed by atoms with Gasteiger partial charge in [-0.05, 0) is 30.1 Å². The van der Waals surface area contributed by atoms with Gasteiger partial charge in [0.05, 0.1) is 5.92 Å². The summed E-state index contributed by atoms with van der Waals surface area (Å²) in [5, 5.41) is 14.6. The van der Waals surface area contributed by atoms with Crippen LogP contribution in [0.25, 0.3) is 0 Å². The fraction of sp³-hybridized carbons (Fsp3) is 0.857. The van der Waals surface area contributed by atoms with Crippen molar-refractivity contribution in [3.8, 4) is 0 Å². The smallest absolute Gasteiger partial charge is 0.314 e. The van der Waals surface area contributed by atoms with Gasteiger partial charge in [-0.3, -0.25) is 4.79 Å². The highest BCUT2D eigenvalue weighted by Gasteiger charge is 2.37. The number of aliphatic carboxylic acids is 1. The third-order valence-electron chi connectivity index (χ3n) is 3.50. The van der Waals surface area contributed by atoms with Crippen LogP contribution in [0.3, 0.4) is 0 Å². The van der Waals surface area contributed by atoms with E-state index in [2.05, 4.69) is 17.6 Å². The summed E-state index contributed by atoms with van der Waals surface area (Å²) in [6.45, 7) is 8.96. The van der Waals surface area contributed by atoms with Crippen molar-refractivity contribution in [1.29, 1.82) is 0 Å². The second-order valence-electron chi connectivity index (χ2n) is 7.17. The maximum atomic E-state index is 11.6. The van der Waals surface area contributed by atoms with Crippen LogP contribution >= 0.6 is 0 Å². The molecule has 0 heterocycles. The first-order chi connectivity index (χ1) is 8.61. The van der Waals surface area contributed by atoms with Crippen molar-refractivity contribution < 1.29 is 14.7 Å². The molecule has 2 amide bonds. The third-order valence-corrected chi connectivity index (χ3v) is 3.50. The Bertz CT molecular complexity index is 343. The SMILES string of the molecule is CC(C)(C)CC(CNC(=O)NCC1(C)CC1)C(=O)O. The van der Waals surface area contributed by atoms with Crippen LogP contribution in [0.5, 0.6) is 0 Å². The van der Waals surface area contributed by atoms with Gasteiger partial charge in [0.2, 0.25) is 0 Å². The van der Waals surface area contributed by atoms with Gasteiger partial charge in [0.1, 0.15) is 0 Å². The molecule has 0 aliphatic heterocycles. The molecule has 0 aromatic rings. The maximum Gasteiger partial charge on any atom is 0.314 e. The molecule has 0 radical (unpaired) electrons. The van der Waals surface area contributed by atoms with Crippen LogP contribution in [0.1, 0.15) is 47.0 Å². The summed E-state index contributed by atoms with van der Waals surface area (Å²) in [5.74, 6) is -1.40. The predicted molar refractivity (Wildman–Crippen MR) is 73.9 cm³/mol. The molecule has 1 saturated carbocycles. The molecule has 1 rings (SSSR count). The molecule has 1 atom stereocenters. The minimum absolute atomic E-state index is 0.0668. The Morgan fingerprint density at radius 1 is 1.26 bits per heavy atom. The van der Waals surface area contributed by atoms with Crippen LogP contribution in [0.4, 0.5) is 4.79 Å².